The Hall–Kier alpha value is -2.31. The van der Waals surface area contributed by atoms with Gasteiger partial charge in [-0.1, -0.05) is 38.0 Å². The van der Waals surface area contributed by atoms with Crippen LogP contribution in [0.25, 0.3) is 0 Å². The lowest BCUT2D eigenvalue weighted by Crippen LogP contribution is -2.25. The van der Waals surface area contributed by atoms with Gasteiger partial charge in [-0.05, 0) is 80.2 Å². The number of hydrogen-bond donors (Lipinski definition) is 0. The standard InChI is InChI=1S/C27H33F5O2/c1-3-5-18-6-8-19(9-7-18)20-10-13-22(14-11-20)34-27(31,32)17-16-21-12-15-23(33-4-2)25(28)24(21)26(29)30/h10-15,18-19,26H,3-9,16-17H2,1-2H3. The Balaban J connectivity index is 1.60. The second-order valence-electron chi connectivity index (χ2n) is 9.00. The molecule has 1 fully saturated rings. The maximum atomic E-state index is 14.5. The number of hydrogen-bond acceptors (Lipinski definition) is 2. The summed E-state index contributed by atoms with van der Waals surface area (Å²) < 4.78 is 80.0. The van der Waals surface area contributed by atoms with E-state index in [0.29, 0.717) is 5.92 Å². The van der Waals surface area contributed by atoms with Crippen molar-refractivity contribution in [2.75, 3.05) is 6.61 Å². The summed E-state index contributed by atoms with van der Waals surface area (Å²) in [6, 6.07) is 9.11. The van der Waals surface area contributed by atoms with Crippen molar-refractivity contribution >= 4 is 0 Å². The highest BCUT2D eigenvalue weighted by Crippen LogP contribution is 2.39. The van der Waals surface area contributed by atoms with Crippen LogP contribution in [0.3, 0.4) is 0 Å². The fourth-order valence-electron chi connectivity index (χ4n) is 4.84. The molecule has 2 nitrogen and oxygen atoms in total. The Morgan fingerprint density at radius 1 is 0.971 bits per heavy atom. The summed E-state index contributed by atoms with van der Waals surface area (Å²) in [6.45, 7) is 3.90. The van der Waals surface area contributed by atoms with E-state index < -0.39 is 36.8 Å². The molecule has 0 spiro atoms. The van der Waals surface area contributed by atoms with Crippen LogP contribution in [0.5, 0.6) is 11.5 Å². The van der Waals surface area contributed by atoms with Crippen LogP contribution in [-0.4, -0.2) is 12.7 Å². The topological polar surface area (TPSA) is 18.5 Å². The molecule has 1 saturated carbocycles. The Kier molecular flexibility index (Phi) is 9.20. The van der Waals surface area contributed by atoms with E-state index in [9.17, 15) is 22.0 Å². The lowest BCUT2D eigenvalue weighted by Gasteiger charge is -2.28. The Morgan fingerprint density at radius 3 is 2.24 bits per heavy atom. The van der Waals surface area contributed by atoms with Gasteiger partial charge in [0.25, 0.3) is 6.43 Å². The average molecular weight is 485 g/mol. The van der Waals surface area contributed by atoms with Gasteiger partial charge in [-0.15, -0.1) is 0 Å². The number of alkyl halides is 4. The SMILES string of the molecule is CCCC1CCC(c2ccc(OC(F)(F)CCc3ccc(OCC)c(F)c3C(F)F)cc2)CC1. The van der Waals surface area contributed by atoms with Gasteiger partial charge < -0.3 is 9.47 Å². The summed E-state index contributed by atoms with van der Waals surface area (Å²) in [4.78, 5) is 0. The molecule has 0 aromatic heterocycles. The Bertz CT molecular complexity index is 906. The molecule has 0 N–H and O–H groups in total. The van der Waals surface area contributed by atoms with Crippen molar-refractivity contribution in [2.45, 2.75) is 83.7 Å². The fraction of sp³-hybridized carbons (Fsp3) is 0.556. The lowest BCUT2D eigenvalue weighted by atomic mass is 9.77. The quantitative estimate of drug-likeness (QED) is 0.297. The van der Waals surface area contributed by atoms with Crippen LogP contribution in [0.1, 0.15) is 87.8 Å². The Labute approximate surface area is 198 Å². The van der Waals surface area contributed by atoms with Gasteiger partial charge in [0.2, 0.25) is 0 Å². The molecule has 0 amide bonds. The van der Waals surface area contributed by atoms with Gasteiger partial charge in [-0.25, -0.2) is 13.2 Å². The molecule has 34 heavy (non-hydrogen) atoms. The van der Waals surface area contributed by atoms with Crippen molar-refractivity contribution in [3.8, 4) is 11.5 Å². The van der Waals surface area contributed by atoms with Crippen LogP contribution in [0.15, 0.2) is 36.4 Å². The maximum Gasteiger partial charge on any atom is 0.398 e. The first-order valence-electron chi connectivity index (χ1n) is 12.1. The van der Waals surface area contributed by atoms with Crippen molar-refractivity contribution in [1.82, 2.24) is 0 Å². The summed E-state index contributed by atoms with van der Waals surface area (Å²) in [5.41, 5.74) is 0.0325. The number of aryl methyl sites for hydroxylation is 1. The highest BCUT2D eigenvalue weighted by Gasteiger charge is 2.33. The van der Waals surface area contributed by atoms with Crippen molar-refractivity contribution in [3.63, 3.8) is 0 Å². The second-order valence-corrected chi connectivity index (χ2v) is 9.00. The summed E-state index contributed by atoms with van der Waals surface area (Å²) in [5.74, 6) is -0.288. The summed E-state index contributed by atoms with van der Waals surface area (Å²) in [7, 11) is 0. The van der Waals surface area contributed by atoms with Crippen molar-refractivity contribution < 1.29 is 31.4 Å². The summed E-state index contributed by atoms with van der Waals surface area (Å²) in [6.07, 6.45) is -0.994. The van der Waals surface area contributed by atoms with Crippen LogP contribution in [0, 0.1) is 11.7 Å². The molecule has 7 heteroatoms. The molecule has 2 aromatic carbocycles. The zero-order valence-electron chi connectivity index (χ0n) is 19.8. The van der Waals surface area contributed by atoms with Gasteiger partial charge in [0.05, 0.1) is 18.6 Å². The minimum atomic E-state index is -3.59. The maximum absolute atomic E-state index is 14.5. The smallest absolute Gasteiger partial charge is 0.398 e. The molecule has 0 radical (unpaired) electrons. The molecule has 188 valence electrons. The highest BCUT2D eigenvalue weighted by molar-refractivity contribution is 5.39. The lowest BCUT2D eigenvalue weighted by molar-refractivity contribution is -0.180. The second kappa shape index (κ2) is 11.9. The number of rotatable bonds is 11. The van der Waals surface area contributed by atoms with Gasteiger partial charge in [0.15, 0.2) is 11.6 Å². The Morgan fingerprint density at radius 2 is 1.65 bits per heavy atom. The predicted octanol–water partition coefficient (Wildman–Crippen LogP) is 8.84. The van der Waals surface area contributed by atoms with E-state index in [4.69, 9.17) is 9.47 Å². The minimum absolute atomic E-state index is 0.0142. The number of benzene rings is 2. The van der Waals surface area contributed by atoms with Crippen molar-refractivity contribution in [3.05, 3.63) is 58.9 Å². The van der Waals surface area contributed by atoms with Crippen molar-refractivity contribution in [2.24, 2.45) is 5.92 Å². The van der Waals surface area contributed by atoms with E-state index in [0.717, 1.165) is 24.3 Å². The summed E-state index contributed by atoms with van der Waals surface area (Å²) in [5, 5.41) is 0. The molecule has 2 aromatic rings. The van der Waals surface area contributed by atoms with Gasteiger partial charge >= 0.3 is 6.11 Å². The first-order chi connectivity index (χ1) is 16.2. The van der Waals surface area contributed by atoms with Gasteiger partial charge in [0, 0.05) is 0 Å². The van der Waals surface area contributed by atoms with Crippen LogP contribution in [0.4, 0.5) is 22.0 Å². The molecule has 1 aliphatic rings. The first-order valence-corrected chi connectivity index (χ1v) is 12.1. The van der Waals surface area contributed by atoms with Crippen LogP contribution in [-0.2, 0) is 6.42 Å². The van der Waals surface area contributed by atoms with Crippen LogP contribution in [0.2, 0.25) is 0 Å². The molecule has 0 bridgehead atoms. The third kappa shape index (κ3) is 6.86. The fourth-order valence-corrected chi connectivity index (χ4v) is 4.84. The zero-order valence-corrected chi connectivity index (χ0v) is 19.8. The van der Waals surface area contributed by atoms with Crippen LogP contribution < -0.4 is 9.47 Å². The largest absolute Gasteiger partial charge is 0.491 e. The van der Waals surface area contributed by atoms with E-state index >= 15 is 0 Å². The molecular formula is C27H33F5O2. The molecule has 1 aliphatic carbocycles. The molecule has 0 heterocycles. The van der Waals surface area contributed by atoms with Crippen molar-refractivity contribution in [1.29, 1.82) is 0 Å². The average Bonchev–Trinajstić information content (AvgIpc) is 2.80. The van der Waals surface area contributed by atoms with Gasteiger partial charge in [-0.3, -0.25) is 0 Å². The van der Waals surface area contributed by atoms with E-state index in [-0.39, 0.29) is 23.7 Å². The molecule has 0 saturated heterocycles. The highest BCUT2D eigenvalue weighted by atomic mass is 19.3. The molecule has 0 unspecified atom stereocenters. The molecular weight excluding hydrogens is 451 g/mol. The monoisotopic (exact) mass is 484 g/mol. The zero-order chi connectivity index (χ0) is 24.7. The first kappa shape index (κ1) is 26.3. The van der Waals surface area contributed by atoms with E-state index in [1.807, 2.05) is 12.1 Å². The normalized spacial score (nSPS) is 18.8. The van der Waals surface area contributed by atoms with Gasteiger partial charge in [0.1, 0.15) is 5.75 Å². The number of halogens is 5. The molecule has 0 aliphatic heterocycles. The van der Waals surface area contributed by atoms with E-state index in [2.05, 4.69) is 6.92 Å². The third-order valence-electron chi connectivity index (χ3n) is 6.60. The van der Waals surface area contributed by atoms with Crippen LogP contribution >= 0.6 is 0 Å². The van der Waals surface area contributed by atoms with Gasteiger partial charge in [-0.2, -0.15) is 8.78 Å². The molecule has 3 rings (SSSR count). The minimum Gasteiger partial charge on any atom is -0.491 e. The predicted molar refractivity (Wildman–Crippen MR) is 122 cm³/mol. The van der Waals surface area contributed by atoms with E-state index in [1.165, 1.54) is 49.9 Å². The van der Waals surface area contributed by atoms with E-state index in [1.54, 1.807) is 6.92 Å². The summed E-state index contributed by atoms with van der Waals surface area (Å²) >= 11 is 0. The number of ether oxygens (including phenoxy) is 2. The third-order valence-corrected chi connectivity index (χ3v) is 6.60. The molecule has 0 atom stereocenters.